The number of fused-ring (bicyclic) bond motifs is 1. The molecule has 3 rings (SSSR count). The molecule has 1 N–H and O–H groups in total. The van der Waals surface area contributed by atoms with Gasteiger partial charge in [-0.1, -0.05) is 17.4 Å². The van der Waals surface area contributed by atoms with Crippen LogP contribution in [0.4, 0.5) is 11.0 Å². The highest BCUT2D eigenvalue weighted by molar-refractivity contribution is 7.22. The molecular weight excluding hydrogens is 392 g/mol. The number of hydrogen-bond acceptors (Lipinski definition) is 6. The van der Waals surface area contributed by atoms with Crippen molar-refractivity contribution < 1.29 is 19.0 Å². The van der Waals surface area contributed by atoms with Crippen molar-refractivity contribution in [3.63, 3.8) is 0 Å². The van der Waals surface area contributed by atoms with Crippen LogP contribution in [0, 0.1) is 24.0 Å². The number of nitrogens with one attached hydrogen (secondary N) is 1. The van der Waals surface area contributed by atoms with Crippen molar-refractivity contribution in [2.24, 2.45) is 0 Å². The van der Waals surface area contributed by atoms with Crippen molar-refractivity contribution in [1.29, 1.82) is 0 Å². The minimum Gasteiger partial charge on any atom is -0.395 e. The molecule has 0 fully saturated rings. The Balaban J connectivity index is 1.99. The first kappa shape index (κ1) is 20.9. The SMILES string of the molecule is CC[NH+](CC)CCN(C(=O)c1ccc([N+](=O)[O-])o1)c1nc2c(C)c(C)ccc2s1. The molecule has 9 heteroatoms. The zero-order valence-corrected chi connectivity index (χ0v) is 17.8. The Labute approximate surface area is 172 Å². The molecule has 0 saturated heterocycles. The van der Waals surface area contributed by atoms with Gasteiger partial charge >= 0.3 is 5.88 Å². The lowest BCUT2D eigenvalue weighted by Crippen LogP contribution is -3.12. The lowest BCUT2D eigenvalue weighted by Gasteiger charge is -2.22. The lowest BCUT2D eigenvalue weighted by molar-refractivity contribution is -0.894. The van der Waals surface area contributed by atoms with E-state index in [0.717, 1.165) is 41.0 Å². The van der Waals surface area contributed by atoms with Gasteiger partial charge in [0.1, 0.15) is 4.92 Å². The Morgan fingerprint density at radius 3 is 2.59 bits per heavy atom. The molecule has 2 heterocycles. The van der Waals surface area contributed by atoms with Gasteiger partial charge in [-0.2, -0.15) is 0 Å². The number of hydrogen-bond donors (Lipinski definition) is 1. The van der Waals surface area contributed by atoms with Crippen LogP contribution in [0.15, 0.2) is 28.7 Å². The summed E-state index contributed by atoms with van der Waals surface area (Å²) in [6.45, 7) is 11.3. The highest BCUT2D eigenvalue weighted by Gasteiger charge is 2.27. The van der Waals surface area contributed by atoms with Crippen molar-refractivity contribution in [3.8, 4) is 0 Å². The number of nitro groups is 1. The molecule has 29 heavy (non-hydrogen) atoms. The maximum atomic E-state index is 13.2. The summed E-state index contributed by atoms with van der Waals surface area (Å²) in [6.07, 6.45) is 0. The minimum atomic E-state index is -0.648. The van der Waals surface area contributed by atoms with Gasteiger partial charge in [-0.15, -0.1) is 0 Å². The molecule has 0 atom stereocenters. The zero-order valence-electron chi connectivity index (χ0n) is 17.0. The van der Waals surface area contributed by atoms with Crippen molar-refractivity contribution in [3.05, 3.63) is 51.3 Å². The van der Waals surface area contributed by atoms with E-state index in [0.29, 0.717) is 11.7 Å². The third kappa shape index (κ3) is 4.30. The van der Waals surface area contributed by atoms with Crippen LogP contribution in [-0.2, 0) is 0 Å². The van der Waals surface area contributed by atoms with Gasteiger partial charge in [0, 0.05) is 0 Å². The number of rotatable bonds is 8. The predicted octanol–water partition coefficient (Wildman–Crippen LogP) is 2.99. The first-order chi connectivity index (χ1) is 13.8. The molecule has 154 valence electrons. The number of anilines is 1. The van der Waals surface area contributed by atoms with E-state index in [1.54, 1.807) is 4.90 Å². The number of carbonyl (C=O) groups is 1. The Bertz CT molecular complexity index is 1040. The number of amides is 1. The summed E-state index contributed by atoms with van der Waals surface area (Å²) in [7, 11) is 0. The summed E-state index contributed by atoms with van der Waals surface area (Å²) in [4.78, 5) is 31.1. The molecule has 0 saturated carbocycles. The predicted molar refractivity (Wildman–Crippen MR) is 113 cm³/mol. The fraction of sp³-hybridized carbons (Fsp3) is 0.400. The third-order valence-electron chi connectivity index (χ3n) is 5.22. The molecule has 0 spiro atoms. The number of aromatic nitrogens is 1. The molecule has 0 aliphatic rings. The largest absolute Gasteiger partial charge is 0.433 e. The number of nitrogens with zero attached hydrogens (tertiary/aromatic N) is 3. The molecule has 0 unspecified atom stereocenters. The Morgan fingerprint density at radius 1 is 1.24 bits per heavy atom. The number of benzene rings is 1. The summed E-state index contributed by atoms with van der Waals surface area (Å²) in [5, 5.41) is 11.5. The second-order valence-corrected chi connectivity index (χ2v) is 7.92. The van der Waals surface area contributed by atoms with Crippen molar-refractivity contribution in [2.45, 2.75) is 27.7 Å². The fourth-order valence-electron chi connectivity index (χ4n) is 3.16. The number of thiazole rings is 1. The highest BCUT2D eigenvalue weighted by atomic mass is 32.1. The molecule has 1 aromatic carbocycles. The molecule has 2 aromatic heterocycles. The molecule has 8 nitrogen and oxygen atoms in total. The van der Waals surface area contributed by atoms with Gasteiger partial charge in [0.2, 0.25) is 0 Å². The van der Waals surface area contributed by atoms with E-state index in [-0.39, 0.29) is 5.76 Å². The van der Waals surface area contributed by atoms with E-state index in [1.165, 1.54) is 28.4 Å². The van der Waals surface area contributed by atoms with E-state index in [2.05, 4.69) is 13.8 Å². The van der Waals surface area contributed by atoms with E-state index in [1.807, 2.05) is 26.0 Å². The quantitative estimate of drug-likeness (QED) is 0.449. The molecule has 0 aliphatic carbocycles. The van der Waals surface area contributed by atoms with Crippen LogP contribution in [0.25, 0.3) is 10.2 Å². The number of likely N-dealkylation sites (N-methyl/N-ethyl adjacent to an activating group) is 1. The van der Waals surface area contributed by atoms with E-state index in [9.17, 15) is 14.9 Å². The third-order valence-corrected chi connectivity index (χ3v) is 6.26. The second-order valence-electron chi connectivity index (χ2n) is 6.91. The lowest BCUT2D eigenvalue weighted by atomic mass is 10.1. The summed E-state index contributed by atoms with van der Waals surface area (Å²) in [5.41, 5.74) is 3.10. The molecular formula is C20H25N4O4S+. The zero-order chi connectivity index (χ0) is 21.1. The van der Waals surface area contributed by atoms with Gasteiger partial charge in [-0.25, -0.2) is 4.98 Å². The normalized spacial score (nSPS) is 11.3. The Hall–Kier alpha value is -2.78. The van der Waals surface area contributed by atoms with E-state index >= 15 is 0 Å². The van der Waals surface area contributed by atoms with Crippen LogP contribution >= 0.6 is 11.3 Å². The highest BCUT2D eigenvalue weighted by Crippen LogP contribution is 2.32. The maximum Gasteiger partial charge on any atom is 0.433 e. The number of quaternary nitrogens is 1. The Kier molecular flexibility index (Phi) is 6.29. The topological polar surface area (TPSA) is 93.9 Å². The van der Waals surface area contributed by atoms with Gasteiger partial charge in [-0.3, -0.25) is 19.8 Å². The summed E-state index contributed by atoms with van der Waals surface area (Å²) < 4.78 is 6.17. The summed E-state index contributed by atoms with van der Waals surface area (Å²) in [5.74, 6) is -0.921. The van der Waals surface area contributed by atoms with Gasteiger partial charge in [0.15, 0.2) is 10.9 Å². The first-order valence-corrected chi connectivity index (χ1v) is 10.4. The average molecular weight is 418 g/mol. The van der Waals surface area contributed by atoms with Gasteiger partial charge in [0.05, 0.1) is 42.5 Å². The van der Waals surface area contributed by atoms with E-state index < -0.39 is 16.7 Å². The monoisotopic (exact) mass is 417 g/mol. The molecule has 0 aliphatic heterocycles. The maximum absolute atomic E-state index is 13.2. The second kappa shape index (κ2) is 8.71. The first-order valence-electron chi connectivity index (χ1n) is 9.62. The van der Waals surface area contributed by atoms with Crippen molar-refractivity contribution in [1.82, 2.24) is 4.98 Å². The van der Waals surface area contributed by atoms with Gasteiger partial charge in [0.25, 0.3) is 5.91 Å². The van der Waals surface area contributed by atoms with Gasteiger partial charge in [-0.05, 0) is 51.0 Å². The number of aryl methyl sites for hydroxylation is 2. The van der Waals surface area contributed by atoms with Crippen LogP contribution in [-0.4, -0.2) is 42.0 Å². The van der Waals surface area contributed by atoms with Crippen LogP contribution in [0.2, 0.25) is 0 Å². The molecule has 0 bridgehead atoms. The van der Waals surface area contributed by atoms with Crippen LogP contribution in [0.3, 0.4) is 0 Å². The number of carbonyl (C=O) groups excluding carboxylic acids is 1. The summed E-state index contributed by atoms with van der Waals surface area (Å²) >= 11 is 1.44. The summed E-state index contributed by atoms with van der Waals surface area (Å²) in [6, 6.07) is 6.60. The smallest absolute Gasteiger partial charge is 0.395 e. The fourth-order valence-corrected chi connectivity index (χ4v) is 4.21. The van der Waals surface area contributed by atoms with E-state index in [4.69, 9.17) is 9.40 Å². The van der Waals surface area contributed by atoms with Crippen LogP contribution in [0.5, 0.6) is 0 Å². The number of furan rings is 1. The van der Waals surface area contributed by atoms with Crippen LogP contribution < -0.4 is 9.80 Å². The van der Waals surface area contributed by atoms with Crippen molar-refractivity contribution in [2.75, 3.05) is 31.1 Å². The average Bonchev–Trinajstić information content (AvgIpc) is 3.36. The van der Waals surface area contributed by atoms with Crippen LogP contribution in [0.1, 0.15) is 35.5 Å². The van der Waals surface area contributed by atoms with Gasteiger partial charge < -0.3 is 9.32 Å². The standard InChI is InChI=1S/C20H24N4O4S/c1-5-22(6-2)11-12-23(19(25)15-8-10-17(28-15)24(26)27)20-21-18-14(4)13(3)7-9-16(18)29-20/h7-10H,5-6,11-12H2,1-4H3/p+1. The molecule has 3 aromatic rings. The molecule has 0 radical (unpaired) electrons. The Morgan fingerprint density at radius 2 is 1.97 bits per heavy atom. The molecule has 1 amide bonds. The minimum absolute atomic E-state index is 0.0570. The van der Waals surface area contributed by atoms with Crippen molar-refractivity contribution >= 4 is 38.5 Å².